The number of anilines is 2. The number of nitrogens with two attached hydrogens (primary N) is 3. The molecule has 0 aliphatic rings. The highest BCUT2D eigenvalue weighted by atomic mass is 16.5. The Balaban J connectivity index is 1.82. The Bertz CT molecular complexity index is 1010. The molecule has 3 aromatic rings. The van der Waals surface area contributed by atoms with Gasteiger partial charge >= 0.3 is 0 Å². The zero-order chi connectivity index (χ0) is 23.1. The fourth-order valence-electron chi connectivity index (χ4n) is 3.63. The maximum Gasteiger partial charge on any atom is 0.160 e. The van der Waals surface area contributed by atoms with E-state index in [1.54, 1.807) is 32.4 Å². The van der Waals surface area contributed by atoms with Crippen LogP contribution in [0.15, 0.2) is 66.7 Å². The first-order valence-electron chi connectivity index (χ1n) is 10.4. The Morgan fingerprint density at radius 1 is 0.844 bits per heavy atom. The zero-order valence-corrected chi connectivity index (χ0v) is 18.4. The van der Waals surface area contributed by atoms with Gasteiger partial charge in [0.1, 0.15) is 18.5 Å². The third kappa shape index (κ3) is 5.63. The van der Waals surface area contributed by atoms with Crippen LogP contribution in [-0.4, -0.2) is 38.1 Å². The number of hydrogen-bond donors (Lipinski definition) is 4. The molecule has 0 aliphatic heterocycles. The van der Waals surface area contributed by atoms with Crippen molar-refractivity contribution in [3.05, 3.63) is 77.9 Å². The molecule has 7 heteroatoms. The van der Waals surface area contributed by atoms with Crippen LogP contribution in [0.2, 0.25) is 0 Å². The summed E-state index contributed by atoms with van der Waals surface area (Å²) in [5.41, 5.74) is 21.1. The summed E-state index contributed by atoms with van der Waals surface area (Å²) in [6, 6.07) is 20.1. The van der Waals surface area contributed by atoms with Gasteiger partial charge in [-0.2, -0.15) is 0 Å². The molecule has 0 aliphatic carbocycles. The van der Waals surface area contributed by atoms with Crippen LogP contribution in [0.5, 0.6) is 17.2 Å². The zero-order valence-electron chi connectivity index (χ0n) is 18.4. The number of aliphatic hydroxyl groups excluding tert-OH is 1. The van der Waals surface area contributed by atoms with Crippen LogP contribution < -0.4 is 31.4 Å². The summed E-state index contributed by atoms with van der Waals surface area (Å²) in [4.78, 5) is 0. The normalized spacial score (nSPS) is 13.8. The van der Waals surface area contributed by atoms with E-state index >= 15 is 0 Å². The maximum atomic E-state index is 10.9. The Hall–Kier alpha value is -3.42. The van der Waals surface area contributed by atoms with E-state index in [9.17, 15) is 5.11 Å². The Morgan fingerprint density at radius 3 is 2.22 bits per heavy atom. The van der Waals surface area contributed by atoms with Gasteiger partial charge in [0.05, 0.1) is 25.6 Å². The summed E-state index contributed by atoms with van der Waals surface area (Å²) in [5, 5.41) is 10.9. The van der Waals surface area contributed by atoms with Gasteiger partial charge in [-0.25, -0.2) is 0 Å². The predicted octanol–water partition coefficient (Wildman–Crippen LogP) is 2.96. The first kappa shape index (κ1) is 23.2. The molecule has 3 rings (SSSR count). The van der Waals surface area contributed by atoms with Crippen molar-refractivity contribution in [3.8, 4) is 17.2 Å². The first-order chi connectivity index (χ1) is 15.4. The molecule has 7 nitrogen and oxygen atoms in total. The molecular weight excluding hydrogens is 406 g/mol. The Morgan fingerprint density at radius 2 is 1.56 bits per heavy atom. The van der Waals surface area contributed by atoms with E-state index in [1.807, 2.05) is 48.5 Å². The van der Waals surface area contributed by atoms with Crippen molar-refractivity contribution >= 4 is 11.4 Å². The molecular formula is C25H31N3O4. The molecule has 0 spiro atoms. The number of ether oxygens (including phenoxy) is 3. The van der Waals surface area contributed by atoms with Gasteiger partial charge in [-0.3, -0.25) is 0 Å². The lowest BCUT2D eigenvalue weighted by molar-refractivity contribution is 0.0766. The lowest BCUT2D eigenvalue weighted by Crippen LogP contribution is -2.44. The van der Waals surface area contributed by atoms with Gasteiger partial charge < -0.3 is 36.5 Å². The molecule has 3 atom stereocenters. The number of aliphatic hydroxyl groups is 1. The molecule has 32 heavy (non-hydrogen) atoms. The highest BCUT2D eigenvalue weighted by Crippen LogP contribution is 2.34. The van der Waals surface area contributed by atoms with Gasteiger partial charge in [0.2, 0.25) is 0 Å². The molecule has 0 bridgehead atoms. The number of benzene rings is 3. The summed E-state index contributed by atoms with van der Waals surface area (Å²) in [6.07, 6.45) is -0.279. The SMILES string of the molecule is COc1ccc(C(Cc2ccccc2)C(N)[C@H](O)COc2ccc(N)c(N)c2)cc1OC. The van der Waals surface area contributed by atoms with Crippen molar-refractivity contribution < 1.29 is 19.3 Å². The predicted molar refractivity (Wildman–Crippen MR) is 127 cm³/mol. The summed E-state index contributed by atoms with van der Waals surface area (Å²) in [5.74, 6) is 1.58. The lowest BCUT2D eigenvalue weighted by atomic mass is 9.83. The average Bonchev–Trinajstić information content (AvgIpc) is 2.82. The molecule has 0 saturated heterocycles. The summed E-state index contributed by atoms with van der Waals surface area (Å²) in [7, 11) is 3.19. The highest BCUT2D eigenvalue weighted by molar-refractivity contribution is 5.65. The molecule has 0 radical (unpaired) electrons. The van der Waals surface area contributed by atoms with Crippen LogP contribution >= 0.6 is 0 Å². The maximum absolute atomic E-state index is 10.9. The van der Waals surface area contributed by atoms with Gasteiger partial charge in [-0.05, 0) is 41.8 Å². The standard InChI is InChI=1S/C25H31N3O4/c1-30-23-11-8-17(13-24(23)31-2)19(12-16-6-4-3-5-7-16)25(28)22(29)15-32-18-9-10-20(26)21(27)14-18/h3-11,13-14,19,22,25,29H,12,15,26-28H2,1-2H3/t19?,22-,25?/m1/s1. The summed E-state index contributed by atoms with van der Waals surface area (Å²) in [6.45, 7) is 0.0170. The summed E-state index contributed by atoms with van der Waals surface area (Å²) >= 11 is 0. The fraction of sp³-hybridized carbons (Fsp3) is 0.280. The molecule has 170 valence electrons. The second-order valence-corrected chi connectivity index (χ2v) is 7.66. The largest absolute Gasteiger partial charge is 0.493 e. The topological polar surface area (TPSA) is 126 Å². The van der Waals surface area contributed by atoms with Gasteiger partial charge in [0, 0.05) is 18.0 Å². The van der Waals surface area contributed by atoms with Crippen LogP contribution in [0.1, 0.15) is 17.0 Å². The van der Waals surface area contributed by atoms with Crippen molar-refractivity contribution in [1.29, 1.82) is 0 Å². The minimum absolute atomic E-state index is 0.0170. The van der Waals surface area contributed by atoms with Crippen LogP contribution in [0.3, 0.4) is 0 Å². The van der Waals surface area contributed by atoms with Crippen molar-refractivity contribution in [2.45, 2.75) is 24.5 Å². The fourth-order valence-corrected chi connectivity index (χ4v) is 3.63. The lowest BCUT2D eigenvalue weighted by Gasteiger charge is -2.29. The average molecular weight is 438 g/mol. The van der Waals surface area contributed by atoms with E-state index < -0.39 is 12.1 Å². The second kappa shape index (κ2) is 10.7. The number of hydrogen-bond acceptors (Lipinski definition) is 7. The smallest absolute Gasteiger partial charge is 0.160 e. The molecule has 7 N–H and O–H groups in total. The molecule has 0 fully saturated rings. The molecule has 0 heterocycles. The van der Waals surface area contributed by atoms with Gasteiger partial charge in [0.25, 0.3) is 0 Å². The Kier molecular flexibility index (Phi) is 7.81. The molecule has 3 aromatic carbocycles. The monoisotopic (exact) mass is 437 g/mol. The van der Waals surface area contributed by atoms with Crippen LogP contribution in [0, 0.1) is 0 Å². The Labute approximate surface area is 188 Å². The third-order valence-electron chi connectivity index (χ3n) is 5.52. The molecule has 2 unspecified atom stereocenters. The van der Waals surface area contributed by atoms with Crippen molar-refractivity contribution in [2.75, 3.05) is 32.3 Å². The van der Waals surface area contributed by atoms with E-state index in [4.69, 9.17) is 31.4 Å². The van der Waals surface area contributed by atoms with E-state index in [0.717, 1.165) is 11.1 Å². The minimum atomic E-state index is -0.921. The van der Waals surface area contributed by atoms with Crippen molar-refractivity contribution in [1.82, 2.24) is 0 Å². The van der Waals surface area contributed by atoms with E-state index in [1.165, 1.54) is 0 Å². The van der Waals surface area contributed by atoms with Gasteiger partial charge in [-0.1, -0.05) is 36.4 Å². The quantitative estimate of drug-likeness (QED) is 0.359. The minimum Gasteiger partial charge on any atom is -0.493 e. The van der Waals surface area contributed by atoms with Crippen molar-refractivity contribution in [3.63, 3.8) is 0 Å². The van der Waals surface area contributed by atoms with Gasteiger partial charge in [0.15, 0.2) is 11.5 Å². The van der Waals surface area contributed by atoms with Crippen LogP contribution in [-0.2, 0) is 6.42 Å². The van der Waals surface area contributed by atoms with E-state index in [-0.39, 0.29) is 12.5 Å². The molecule has 0 amide bonds. The van der Waals surface area contributed by atoms with E-state index in [0.29, 0.717) is 35.0 Å². The number of rotatable bonds is 10. The number of nitrogen functional groups attached to an aromatic ring is 2. The molecule has 0 saturated carbocycles. The third-order valence-corrected chi connectivity index (χ3v) is 5.52. The second-order valence-electron chi connectivity index (χ2n) is 7.66. The highest BCUT2D eigenvalue weighted by Gasteiger charge is 2.28. The first-order valence-corrected chi connectivity index (χ1v) is 10.4. The van der Waals surface area contributed by atoms with E-state index in [2.05, 4.69) is 0 Å². The molecule has 0 aromatic heterocycles. The van der Waals surface area contributed by atoms with Gasteiger partial charge in [-0.15, -0.1) is 0 Å². The van der Waals surface area contributed by atoms with Crippen molar-refractivity contribution in [2.24, 2.45) is 5.73 Å². The van der Waals surface area contributed by atoms with Crippen LogP contribution in [0.4, 0.5) is 11.4 Å². The number of methoxy groups -OCH3 is 2. The summed E-state index contributed by atoms with van der Waals surface area (Å²) < 4.78 is 16.6. The van der Waals surface area contributed by atoms with Crippen LogP contribution in [0.25, 0.3) is 0 Å².